The van der Waals surface area contributed by atoms with E-state index in [2.05, 4.69) is 12.2 Å². The quantitative estimate of drug-likeness (QED) is 0.728. The Kier molecular flexibility index (Phi) is 3.85. The molecule has 2 saturated carbocycles. The summed E-state index contributed by atoms with van der Waals surface area (Å²) in [5.74, 6) is 1.20. The van der Waals surface area contributed by atoms with Gasteiger partial charge in [0.25, 0.3) is 0 Å². The third-order valence-corrected chi connectivity index (χ3v) is 4.10. The molecule has 2 aliphatic rings. The molecule has 3 heteroatoms. The Labute approximate surface area is 97.9 Å². The van der Waals surface area contributed by atoms with E-state index in [1.165, 1.54) is 45.6 Å². The van der Waals surface area contributed by atoms with Crippen LogP contribution < -0.4 is 5.32 Å². The summed E-state index contributed by atoms with van der Waals surface area (Å²) >= 11 is 0. The molecule has 1 unspecified atom stereocenters. The van der Waals surface area contributed by atoms with Crippen LogP contribution in [0.15, 0.2) is 0 Å². The first-order chi connectivity index (χ1) is 7.72. The van der Waals surface area contributed by atoms with Crippen molar-refractivity contribution in [2.45, 2.75) is 57.5 Å². The lowest BCUT2D eigenvalue weighted by molar-refractivity contribution is -0.144. The van der Waals surface area contributed by atoms with Crippen molar-refractivity contribution in [3.8, 4) is 0 Å². The van der Waals surface area contributed by atoms with Crippen molar-refractivity contribution in [3.63, 3.8) is 0 Å². The van der Waals surface area contributed by atoms with Crippen molar-refractivity contribution in [2.75, 3.05) is 7.11 Å². The van der Waals surface area contributed by atoms with Crippen molar-refractivity contribution in [1.82, 2.24) is 5.32 Å². The molecule has 2 rings (SSSR count). The highest BCUT2D eigenvalue weighted by Gasteiger charge is 2.38. The number of ether oxygens (including phenoxy) is 1. The molecular weight excluding hydrogens is 202 g/mol. The molecular formula is C13H23NO2. The van der Waals surface area contributed by atoms with E-state index < -0.39 is 0 Å². The zero-order chi connectivity index (χ0) is 11.5. The van der Waals surface area contributed by atoms with E-state index >= 15 is 0 Å². The largest absolute Gasteiger partial charge is 0.468 e. The number of esters is 1. The molecule has 2 fully saturated rings. The monoisotopic (exact) mass is 225 g/mol. The van der Waals surface area contributed by atoms with Gasteiger partial charge in [-0.1, -0.05) is 12.8 Å². The molecule has 2 atom stereocenters. The van der Waals surface area contributed by atoms with Gasteiger partial charge in [0.1, 0.15) is 6.04 Å². The van der Waals surface area contributed by atoms with Gasteiger partial charge in [0, 0.05) is 6.04 Å². The van der Waals surface area contributed by atoms with Crippen LogP contribution in [0.5, 0.6) is 0 Å². The second-order valence-electron chi connectivity index (χ2n) is 5.34. The predicted molar refractivity (Wildman–Crippen MR) is 63.1 cm³/mol. The minimum Gasteiger partial charge on any atom is -0.468 e. The molecule has 0 aromatic rings. The van der Waals surface area contributed by atoms with Crippen molar-refractivity contribution >= 4 is 5.97 Å². The Bertz CT molecular complexity index is 244. The molecule has 1 N–H and O–H groups in total. The van der Waals surface area contributed by atoms with Crippen LogP contribution in [-0.2, 0) is 9.53 Å². The molecule has 0 amide bonds. The third kappa shape index (κ3) is 2.76. The van der Waals surface area contributed by atoms with E-state index in [0.717, 1.165) is 5.92 Å². The summed E-state index contributed by atoms with van der Waals surface area (Å²) in [6, 6.07) is 0.396. The smallest absolute Gasteiger partial charge is 0.323 e. The van der Waals surface area contributed by atoms with Crippen molar-refractivity contribution < 1.29 is 9.53 Å². The zero-order valence-corrected chi connectivity index (χ0v) is 10.4. The van der Waals surface area contributed by atoms with Gasteiger partial charge >= 0.3 is 5.97 Å². The topological polar surface area (TPSA) is 38.3 Å². The Morgan fingerprint density at radius 1 is 1.19 bits per heavy atom. The second-order valence-corrected chi connectivity index (χ2v) is 5.34. The number of rotatable bonds is 5. The van der Waals surface area contributed by atoms with Crippen LogP contribution in [-0.4, -0.2) is 25.2 Å². The van der Waals surface area contributed by atoms with E-state index in [-0.39, 0.29) is 12.0 Å². The van der Waals surface area contributed by atoms with Gasteiger partial charge in [0.15, 0.2) is 0 Å². The summed E-state index contributed by atoms with van der Waals surface area (Å²) in [7, 11) is 1.49. The fourth-order valence-electron chi connectivity index (χ4n) is 2.83. The van der Waals surface area contributed by atoms with Gasteiger partial charge < -0.3 is 10.1 Å². The molecule has 3 nitrogen and oxygen atoms in total. The average molecular weight is 225 g/mol. The van der Waals surface area contributed by atoms with Crippen molar-refractivity contribution in [2.24, 2.45) is 11.8 Å². The fourth-order valence-corrected chi connectivity index (χ4v) is 2.83. The first-order valence-electron chi connectivity index (χ1n) is 6.56. The van der Waals surface area contributed by atoms with Crippen LogP contribution in [0.2, 0.25) is 0 Å². The lowest BCUT2D eigenvalue weighted by Gasteiger charge is -2.25. The first-order valence-corrected chi connectivity index (χ1v) is 6.56. The summed E-state index contributed by atoms with van der Waals surface area (Å²) < 4.78 is 4.88. The summed E-state index contributed by atoms with van der Waals surface area (Å²) in [6.07, 6.45) is 7.67. The minimum absolute atomic E-state index is 0.0550. The highest BCUT2D eigenvalue weighted by Crippen LogP contribution is 2.35. The van der Waals surface area contributed by atoms with E-state index in [4.69, 9.17) is 4.74 Å². The molecule has 0 aromatic carbocycles. The summed E-state index contributed by atoms with van der Waals surface area (Å²) in [4.78, 5) is 11.7. The standard InChI is InChI=1S/C13H23NO2/c1-9(10-5-3-4-6-10)14-12(11-7-8-11)13(15)16-2/h9-12,14H,3-8H2,1-2H3/t9-,12?/m1/s1. The van der Waals surface area contributed by atoms with Gasteiger partial charge in [-0.3, -0.25) is 4.79 Å². The van der Waals surface area contributed by atoms with Crippen LogP contribution in [0.4, 0.5) is 0 Å². The summed E-state index contributed by atoms with van der Waals surface area (Å²) in [5, 5.41) is 3.50. The summed E-state index contributed by atoms with van der Waals surface area (Å²) in [6.45, 7) is 2.22. The molecule has 2 aliphatic carbocycles. The highest BCUT2D eigenvalue weighted by molar-refractivity contribution is 5.76. The van der Waals surface area contributed by atoms with Gasteiger partial charge in [-0.15, -0.1) is 0 Å². The molecule has 0 heterocycles. The lowest BCUT2D eigenvalue weighted by Crippen LogP contribution is -2.46. The molecule has 92 valence electrons. The van der Waals surface area contributed by atoms with Crippen molar-refractivity contribution in [1.29, 1.82) is 0 Å². The fraction of sp³-hybridized carbons (Fsp3) is 0.923. The maximum Gasteiger partial charge on any atom is 0.323 e. The normalized spacial score (nSPS) is 25.4. The number of methoxy groups -OCH3 is 1. The number of hydrogen-bond donors (Lipinski definition) is 1. The Hall–Kier alpha value is -0.570. The molecule has 0 spiro atoms. The Balaban J connectivity index is 1.86. The van der Waals surface area contributed by atoms with Gasteiger partial charge in [0.2, 0.25) is 0 Å². The number of nitrogens with one attached hydrogen (secondary N) is 1. The van der Waals surface area contributed by atoms with Crippen LogP contribution in [0.1, 0.15) is 45.4 Å². The van der Waals surface area contributed by atoms with Gasteiger partial charge in [-0.05, 0) is 44.4 Å². The zero-order valence-electron chi connectivity index (χ0n) is 10.4. The van der Waals surface area contributed by atoms with Gasteiger partial charge in [-0.2, -0.15) is 0 Å². The number of hydrogen-bond acceptors (Lipinski definition) is 3. The third-order valence-electron chi connectivity index (χ3n) is 4.10. The SMILES string of the molecule is COC(=O)C(N[C@H](C)C1CCCC1)C1CC1. The molecule has 16 heavy (non-hydrogen) atoms. The van der Waals surface area contributed by atoms with Crippen LogP contribution in [0.25, 0.3) is 0 Å². The minimum atomic E-state index is -0.0765. The van der Waals surface area contributed by atoms with Gasteiger partial charge in [0.05, 0.1) is 7.11 Å². The van der Waals surface area contributed by atoms with E-state index in [1.807, 2.05) is 0 Å². The number of carbonyl (C=O) groups is 1. The van der Waals surface area contributed by atoms with Crippen LogP contribution >= 0.6 is 0 Å². The van der Waals surface area contributed by atoms with Crippen LogP contribution in [0, 0.1) is 11.8 Å². The Morgan fingerprint density at radius 3 is 2.31 bits per heavy atom. The highest BCUT2D eigenvalue weighted by atomic mass is 16.5. The van der Waals surface area contributed by atoms with Crippen LogP contribution in [0.3, 0.4) is 0 Å². The van der Waals surface area contributed by atoms with E-state index in [1.54, 1.807) is 0 Å². The second kappa shape index (κ2) is 5.17. The number of carbonyl (C=O) groups excluding carboxylic acids is 1. The first kappa shape index (κ1) is 11.9. The Morgan fingerprint density at radius 2 is 1.81 bits per heavy atom. The maximum atomic E-state index is 11.7. The molecule has 0 aromatic heterocycles. The molecule has 0 radical (unpaired) electrons. The summed E-state index contributed by atoms with van der Waals surface area (Å²) in [5.41, 5.74) is 0. The molecule has 0 bridgehead atoms. The van der Waals surface area contributed by atoms with Crippen molar-refractivity contribution in [3.05, 3.63) is 0 Å². The van der Waals surface area contributed by atoms with Gasteiger partial charge in [-0.25, -0.2) is 0 Å². The maximum absolute atomic E-state index is 11.7. The van der Waals surface area contributed by atoms with E-state index in [9.17, 15) is 4.79 Å². The average Bonchev–Trinajstić information content (AvgIpc) is 2.98. The predicted octanol–water partition coefficient (Wildman–Crippen LogP) is 2.11. The lowest BCUT2D eigenvalue weighted by atomic mass is 9.98. The van der Waals surface area contributed by atoms with E-state index in [0.29, 0.717) is 12.0 Å². The molecule has 0 saturated heterocycles. The molecule has 0 aliphatic heterocycles.